The summed E-state index contributed by atoms with van der Waals surface area (Å²) < 4.78 is 0. The van der Waals surface area contributed by atoms with E-state index < -0.39 is 0 Å². The fourth-order valence-corrected chi connectivity index (χ4v) is 3.25. The van der Waals surface area contributed by atoms with E-state index in [9.17, 15) is 0 Å². The second-order valence-electron chi connectivity index (χ2n) is 4.44. The standard InChI is InChI=1S/C12H19N3S/c1-9-7-8-14-12(15-9)16-11-6-4-2-3-5-10(11)13/h7-8,10-11H,2-6,13H2,1H3. The highest BCUT2D eigenvalue weighted by atomic mass is 32.2. The molecule has 2 rings (SSSR count). The van der Waals surface area contributed by atoms with Crippen molar-refractivity contribution in [3.8, 4) is 0 Å². The molecule has 1 aliphatic rings. The van der Waals surface area contributed by atoms with Crippen LogP contribution in [0.5, 0.6) is 0 Å². The molecule has 0 aromatic carbocycles. The number of thioether (sulfide) groups is 1. The van der Waals surface area contributed by atoms with E-state index in [1.807, 2.05) is 19.2 Å². The molecule has 1 fully saturated rings. The number of hydrogen-bond acceptors (Lipinski definition) is 4. The van der Waals surface area contributed by atoms with Crippen molar-refractivity contribution in [3.05, 3.63) is 18.0 Å². The van der Waals surface area contributed by atoms with E-state index in [-0.39, 0.29) is 0 Å². The Bertz CT molecular complexity index is 343. The Morgan fingerprint density at radius 3 is 2.94 bits per heavy atom. The molecule has 3 nitrogen and oxygen atoms in total. The Hall–Kier alpha value is -0.610. The van der Waals surface area contributed by atoms with Gasteiger partial charge in [0.05, 0.1) is 0 Å². The van der Waals surface area contributed by atoms with Gasteiger partial charge in [-0.1, -0.05) is 31.0 Å². The number of aromatic nitrogens is 2. The van der Waals surface area contributed by atoms with Gasteiger partial charge in [0.1, 0.15) is 0 Å². The Morgan fingerprint density at radius 1 is 1.31 bits per heavy atom. The average Bonchev–Trinajstić information content (AvgIpc) is 2.45. The van der Waals surface area contributed by atoms with Crippen molar-refractivity contribution in [3.63, 3.8) is 0 Å². The quantitative estimate of drug-likeness (QED) is 0.634. The lowest BCUT2D eigenvalue weighted by Gasteiger charge is -2.19. The van der Waals surface area contributed by atoms with Gasteiger partial charge in [0.2, 0.25) is 0 Å². The highest BCUT2D eigenvalue weighted by molar-refractivity contribution is 7.99. The molecule has 1 heterocycles. The third kappa shape index (κ3) is 3.19. The number of nitrogens with two attached hydrogens (primary N) is 1. The van der Waals surface area contributed by atoms with Crippen LogP contribution in [-0.2, 0) is 0 Å². The minimum absolute atomic E-state index is 0.302. The van der Waals surface area contributed by atoms with Crippen LogP contribution in [0.3, 0.4) is 0 Å². The van der Waals surface area contributed by atoms with Gasteiger partial charge in [0, 0.05) is 23.2 Å². The molecule has 0 amide bonds. The van der Waals surface area contributed by atoms with Crippen LogP contribution in [0.4, 0.5) is 0 Å². The zero-order valence-corrected chi connectivity index (χ0v) is 10.5. The van der Waals surface area contributed by atoms with E-state index in [1.165, 1.54) is 25.7 Å². The molecule has 1 aromatic rings. The molecule has 0 saturated heterocycles. The number of nitrogens with zero attached hydrogens (tertiary/aromatic N) is 2. The van der Waals surface area contributed by atoms with Crippen LogP contribution >= 0.6 is 11.8 Å². The first-order valence-electron chi connectivity index (χ1n) is 5.97. The third-order valence-electron chi connectivity index (χ3n) is 3.03. The van der Waals surface area contributed by atoms with Gasteiger partial charge >= 0.3 is 0 Å². The van der Waals surface area contributed by atoms with Crippen molar-refractivity contribution < 1.29 is 0 Å². The number of aryl methyl sites for hydroxylation is 1. The van der Waals surface area contributed by atoms with Crippen LogP contribution in [0.2, 0.25) is 0 Å². The van der Waals surface area contributed by atoms with Crippen molar-refractivity contribution in [2.24, 2.45) is 5.73 Å². The first kappa shape index (κ1) is 11.9. The van der Waals surface area contributed by atoms with Gasteiger partial charge in [-0.3, -0.25) is 0 Å². The largest absolute Gasteiger partial charge is 0.327 e. The normalized spacial score (nSPS) is 26.4. The van der Waals surface area contributed by atoms with Crippen LogP contribution in [0.15, 0.2) is 17.4 Å². The Labute approximate surface area is 101 Å². The van der Waals surface area contributed by atoms with Crippen LogP contribution in [0.25, 0.3) is 0 Å². The number of hydrogen-bond donors (Lipinski definition) is 1. The van der Waals surface area contributed by atoms with E-state index in [0.717, 1.165) is 17.3 Å². The number of rotatable bonds is 2. The predicted molar refractivity (Wildman–Crippen MR) is 67.5 cm³/mol. The lowest BCUT2D eigenvalue weighted by atomic mass is 10.1. The monoisotopic (exact) mass is 237 g/mol. The van der Waals surface area contributed by atoms with Crippen molar-refractivity contribution in [1.82, 2.24) is 9.97 Å². The van der Waals surface area contributed by atoms with Crippen molar-refractivity contribution in [2.75, 3.05) is 0 Å². The highest BCUT2D eigenvalue weighted by Crippen LogP contribution is 2.30. The molecule has 4 heteroatoms. The van der Waals surface area contributed by atoms with E-state index in [2.05, 4.69) is 9.97 Å². The highest BCUT2D eigenvalue weighted by Gasteiger charge is 2.22. The average molecular weight is 237 g/mol. The molecule has 1 aliphatic carbocycles. The molecular formula is C12H19N3S. The Balaban J connectivity index is 2.02. The van der Waals surface area contributed by atoms with Gasteiger partial charge < -0.3 is 5.73 Å². The fourth-order valence-electron chi connectivity index (χ4n) is 2.07. The Kier molecular flexibility index (Phi) is 4.18. The van der Waals surface area contributed by atoms with Gasteiger partial charge in [0.15, 0.2) is 5.16 Å². The summed E-state index contributed by atoms with van der Waals surface area (Å²) in [4.78, 5) is 8.72. The van der Waals surface area contributed by atoms with Gasteiger partial charge in [-0.15, -0.1) is 0 Å². The Morgan fingerprint density at radius 2 is 2.12 bits per heavy atom. The summed E-state index contributed by atoms with van der Waals surface area (Å²) in [7, 11) is 0. The second kappa shape index (κ2) is 5.64. The molecule has 2 atom stereocenters. The molecule has 2 unspecified atom stereocenters. The van der Waals surface area contributed by atoms with Crippen molar-refractivity contribution in [2.45, 2.75) is 55.5 Å². The molecule has 1 aromatic heterocycles. The molecule has 2 N–H and O–H groups in total. The lowest BCUT2D eigenvalue weighted by molar-refractivity contribution is 0.595. The third-order valence-corrected chi connectivity index (χ3v) is 4.33. The lowest BCUT2D eigenvalue weighted by Crippen LogP contribution is -2.31. The summed E-state index contributed by atoms with van der Waals surface area (Å²) in [5.74, 6) is 0. The second-order valence-corrected chi connectivity index (χ2v) is 5.65. The maximum Gasteiger partial charge on any atom is 0.188 e. The summed E-state index contributed by atoms with van der Waals surface area (Å²) in [6, 6.07) is 2.23. The maximum atomic E-state index is 6.19. The van der Waals surface area contributed by atoms with Crippen molar-refractivity contribution >= 4 is 11.8 Å². The van der Waals surface area contributed by atoms with E-state index in [0.29, 0.717) is 11.3 Å². The molecular weight excluding hydrogens is 218 g/mol. The zero-order chi connectivity index (χ0) is 11.4. The van der Waals surface area contributed by atoms with Gasteiger partial charge in [0.25, 0.3) is 0 Å². The molecule has 0 radical (unpaired) electrons. The molecule has 16 heavy (non-hydrogen) atoms. The first-order chi connectivity index (χ1) is 7.75. The first-order valence-corrected chi connectivity index (χ1v) is 6.85. The molecule has 1 saturated carbocycles. The van der Waals surface area contributed by atoms with Gasteiger partial charge in [-0.05, 0) is 25.8 Å². The minimum atomic E-state index is 0.302. The van der Waals surface area contributed by atoms with Crippen LogP contribution in [0.1, 0.15) is 37.8 Å². The van der Waals surface area contributed by atoms with Crippen LogP contribution in [0, 0.1) is 6.92 Å². The summed E-state index contributed by atoms with van der Waals surface area (Å²) in [6.45, 7) is 2.00. The molecule has 0 aliphatic heterocycles. The summed E-state index contributed by atoms with van der Waals surface area (Å²) in [5, 5.41) is 1.37. The van der Waals surface area contributed by atoms with Crippen LogP contribution < -0.4 is 5.73 Å². The summed E-state index contributed by atoms with van der Waals surface area (Å²) in [5.41, 5.74) is 7.22. The molecule has 0 bridgehead atoms. The zero-order valence-electron chi connectivity index (χ0n) is 9.72. The molecule has 0 spiro atoms. The topological polar surface area (TPSA) is 51.8 Å². The minimum Gasteiger partial charge on any atom is -0.327 e. The van der Waals surface area contributed by atoms with Crippen molar-refractivity contribution in [1.29, 1.82) is 0 Å². The molecule has 88 valence electrons. The van der Waals surface area contributed by atoms with Crippen LogP contribution in [-0.4, -0.2) is 21.3 Å². The predicted octanol–water partition coefficient (Wildman–Crippen LogP) is 2.54. The van der Waals surface area contributed by atoms with E-state index in [4.69, 9.17) is 5.73 Å². The maximum absolute atomic E-state index is 6.19. The fraction of sp³-hybridized carbons (Fsp3) is 0.667. The van der Waals surface area contributed by atoms with E-state index in [1.54, 1.807) is 11.8 Å². The van der Waals surface area contributed by atoms with Gasteiger partial charge in [-0.2, -0.15) is 0 Å². The van der Waals surface area contributed by atoms with E-state index >= 15 is 0 Å². The smallest absolute Gasteiger partial charge is 0.188 e. The SMILES string of the molecule is Cc1ccnc(SC2CCCCCC2N)n1. The summed E-state index contributed by atoms with van der Waals surface area (Å²) in [6.07, 6.45) is 8.04. The van der Waals surface area contributed by atoms with Gasteiger partial charge in [-0.25, -0.2) is 9.97 Å². The summed E-state index contributed by atoms with van der Waals surface area (Å²) >= 11 is 1.75.